The van der Waals surface area contributed by atoms with Gasteiger partial charge in [-0.25, -0.2) is 0 Å². The molecule has 0 atom stereocenters. The van der Waals surface area contributed by atoms with Crippen molar-refractivity contribution < 1.29 is 0 Å². The van der Waals surface area contributed by atoms with Gasteiger partial charge in [0.2, 0.25) is 0 Å². The predicted molar refractivity (Wildman–Crippen MR) is 186 cm³/mol. The summed E-state index contributed by atoms with van der Waals surface area (Å²) in [5.74, 6) is 0. The first-order chi connectivity index (χ1) is 19.8. The minimum absolute atomic E-state index is 1.35. The van der Waals surface area contributed by atoms with Gasteiger partial charge >= 0.3 is 0 Å². The highest BCUT2D eigenvalue weighted by Crippen LogP contribution is 2.15. The van der Waals surface area contributed by atoms with Crippen LogP contribution in [0, 0.1) is 0 Å². The number of nitrogens with zero attached hydrogens (tertiary/aromatic N) is 1. The van der Waals surface area contributed by atoms with Crippen molar-refractivity contribution in [2.24, 2.45) is 0 Å². The first-order valence-electron chi connectivity index (χ1n) is 19.6. The maximum absolute atomic E-state index is 2.82. The molecule has 0 bridgehead atoms. The lowest BCUT2D eigenvalue weighted by Crippen LogP contribution is -2.27. The van der Waals surface area contributed by atoms with Crippen LogP contribution in [-0.2, 0) is 0 Å². The van der Waals surface area contributed by atoms with E-state index in [4.69, 9.17) is 0 Å². The lowest BCUT2D eigenvalue weighted by atomic mass is 10.0. The quantitative estimate of drug-likeness (QED) is 0.0685. The van der Waals surface area contributed by atoms with Crippen LogP contribution < -0.4 is 0 Å². The summed E-state index contributed by atoms with van der Waals surface area (Å²) in [5, 5.41) is 0. The molecule has 0 saturated heterocycles. The normalized spacial score (nSPS) is 11.7. The first-order valence-corrected chi connectivity index (χ1v) is 19.6. The van der Waals surface area contributed by atoms with Crippen molar-refractivity contribution in [2.75, 3.05) is 19.6 Å². The molecule has 40 heavy (non-hydrogen) atoms. The Morgan fingerprint density at radius 3 is 0.575 bits per heavy atom. The van der Waals surface area contributed by atoms with E-state index >= 15 is 0 Å². The zero-order valence-corrected chi connectivity index (χ0v) is 28.9. The minimum Gasteiger partial charge on any atom is -0.303 e. The molecule has 0 aromatic carbocycles. The monoisotopic (exact) mass is 564 g/mol. The molecule has 0 fully saturated rings. The van der Waals surface area contributed by atoms with Gasteiger partial charge in [0.25, 0.3) is 0 Å². The molecular formula is C39H81N. The van der Waals surface area contributed by atoms with Crippen LogP contribution in [0.2, 0.25) is 0 Å². The third-order valence-electron chi connectivity index (χ3n) is 9.23. The molecule has 0 spiro atoms. The van der Waals surface area contributed by atoms with Crippen LogP contribution in [-0.4, -0.2) is 24.5 Å². The zero-order chi connectivity index (χ0) is 29.0. The number of hydrogen-bond donors (Lipinski definition) is 0. The molecule has 0 aliphatic rings. The third kappa shape index (κ3) is 34.2. The van der Waals surface area contributed by atoms with E-state index in [0.717, 1.165) is 0 Å². The van der Waals surface area contributed by atoms with E-state index in [9.17, 15) is 0 Å². The summed E-state index contributed by atoms with van der Waals surface area (Å²) in [6.45, 7) is 11.0. The van der Waals surface area contributed by atoms with Crippen LogP contribution >= 0.6 is 0 Å². The maximum Gasteiger partial charge on any atom is -0.00187 e. The lowest BCUT2D eigenvalue weighted by Gasteiger charge is -2.22. The second-order valence-electron chi connectivity index (χ2n) is 13.4. The van der Waals surface area contributed by atoms with E-state index in [1.807, 2.05) is 0 Å². The van der Waals surface area contributed by atoms with Crippen molar-refractivity contribution in [3.63, 3.8) is 0 Å². The van der Waals surface area contributed by atoms with Gasteiger partial charge in [-0.3, -0.25) is 0 Å². The SMILES string of the molecule is CCCCCCCCCCCCCCCCCN(CCCCC)CCCCCCCCCCCCCCCCC. The van der Waals surface area contributed by atoms with Gasteiger partial charge in [0.15, 0.2) is 0 Å². The van der Waals surface area contributed by atoms with Crippen LogP contribution in [0.4, 0.5) is 0 Å². The molecule has 242 valence electrons. The molecule has 0 aliphatic carbocycles. The molecule has 0 rings (SSSR count). The largest absolute Gasteiger partial charge is 0.303 e. The van der Waals surface area contributed by atoms with Crippen molar-refractivity contribution in [3.05, 3.63) is 0 Å². The summed E-state index contributed by atoms with van der Waals surface area (Å²) in [6.07, 6.45) is 48.1. The number of rotatable bonds is 36. The standard InChI is InChI=1S/C39H81N/c1-4-7-10-12-14-16-18-20-22-24-26-28-30-32-35-38-40(37-34-9-6-3)39-36-33-31-29-27-25-23-21-19-17-15-13-11-8-5-2/h4-39H2,1-3H3. The highest BCUT2D eigenvalue weighted by atomic mass is 15.1. The molecule has 0 amide bonds. The summed E-state index contributed by atoms with van der Waals surface area (Å²) < 4.78 is 0. The van der Waals surface area contributed by atoms with E-state index in [0.29, 0.717) is 0 Å². The van der Waals surface area contributed by atoms with Crippen molar-refractivity contribution >= 4 is 0 Å². The summed E-state index contributed by atoms with van der Waals surface area (Å²) in [6, 6.07) is 0. The van der Waals surface area contributed by atoms with Crippen LogP contribution in [0.25, 0.3) is 0 Å². The van der Waals surface area contributed by atoms with Crippen LogP contribution in [0.5, 0.6) is 0 Å². The average Bonchev–Trinajstić information content (AvgIpc) is 2.96. The Labute approximate surface area is 256 Å². The fourth-order valence-corrected chi connectivity index (χ4v) is 6.33. The highest BCUT2D eigenvalue weighted by Gasteiger charge is 2.05. The Morgan fingerprint density at radius 2 is 0.350 bits per heavy atom. The van der Waals surface area contributed by atoms with Crippen LogP contribution in [0.1, 0.15) is 233 Å². The molecule has 0 aromatic heterocycles. The summed E-state index contributed by atoms with van der Waals surface area (Å²) >= 11 is 0. The Morgan fingerprint density at radius 1 is 0.200 bits per heavy atom. The summed E-state index contributed by atoms with van der Waals surface area (Å²) in [7, 11) is 0. The second-order valence-corrected chi connectivity index (χ2v) is 13.4. The smallest absolute Gasteiger partial charge is 0.00187 e. The molecule has 0 heterocycles. The fourth-order valence-electron chi connectivity index (χ4n) is 6.33. The predicted octanol–water partition coefficient (Wildman–Crippen LogP) is 14.2. The van der Waals surface area contributed by atoms with Gasteiger partial charge in [0.1, 0.15) is 0 Å². The van der Waals surface area contributed by atoms with Crippen molar-refractivity contribution in [2.45, 2.75) is 233 Å². The molecule has 0 unspecified atom stereocenters. The summed E-state index contributed by atoms with van der Waals surface area (Å²) in [5.41, 5.74) is 0. The lowest BCUT2D eigenvalue weighted by molar-refractivity contribution is 0.255. The minimum atomic E-state index is 1.35. The number of unbranched alkanes of at least 4 members (excludes halogenated alkanes) is 30. The highest BCUT2D eigenvalue weighted by molar-refractivity contribution is 4.60. The van der Waals surface area contributed by atoms with Crippen molar-refractivity contribution in [1.29, 1.82) is 0 Å². The number of hydrogen-bond acceptors (Lipinski definition) is 1. The first kappa shape index (κ1) is 40.0. The maximum atomic E-state index is 2.82. The molecule has 1 heteroatoms. The topological polar surface area (TPSA) is 3.24 Å². The zero-order valence-electron chi connectivity index (χ0n) is 28.9. The Balaban J connectivity index is 3.54. The summed E-state index contributed by atoms with van der Waals surface area (Å²) in [4.78, 5) is 2.82. The Bertz CT molecular complexity index is 385. The molecule has 0 aliphatic heterocycles. The van der Waals surface area contributed by atoms with Gasteiger partial charge in [0.05, 0.1) is 0 Å². The van der Waals surface area contributed by atoms with Gasteiger partial charge in [-0.1, -0.05) is 213 Å². The van der Waals surface area contributed by atoms with E-state index in [2.05, 4.69) is 25.7 Å². The Kier molecular flexibility index (Phi) is 36.9. The van der Waals surface area contributed by atoms with Crippen LogP contribution in [0.3, 0.4) is 0 Å². The average molecular weight is 564 g/mol. The second kappa shape index (κ2) is 37.0. The van der Waals surface area contributed by atoms with Crippen molar-refractivity contribution in [3.8, 4) is 0 Å². The Hall–Kier alpha value is -0.0400. The molecular weight excluding hydrogens is 482 g/mol. The third-order valence-corrected chi connectivity index (χ3v) is 9.23. The van der Waals surface area contributed by atoms with E-state index in [1.165, 1.54) is 232 Å². The van der Waals surface area contributed by atoms with Gasteiger partial charge < -0.3 is 4.90 Å². The molecule has 0 aromatic rings. The van der Waals surface area contributed by atoms with E-state index in [-0.39, 0.29) is 0 Å². The van der Waals surface area contributed by atoms with Crippen LogP contribution in [0.15, 0.2) is 0 Å². The van der Waals surface area contributed by atoms with Gasteiger partial charge in [-0.15, -0.1) is 0 Å². The molecule has 0 N–H and O–H groups in total. The van der Waals surface area contributed by atoms with Crippen molar-refractivity contribution in [1.82, 2.24) is 4.90 Å². The molecule has 1 nitrogen and oxygen atoms in total. The van der Waals surface area contributed by atoms with E-state index < -0.39 is 0 Å². The van der Waals surface area contributed by atoms with Gasteiger partial charge in [0, 0.05) is 0 Å². The van der Waals surface area contributed by atoms with E-state index in [1.54, 1.807) is 0 Å². The molecule has 0 radical (unpaired) electrons. The van der Waals surface area contributed by atoms with Gasteiger partial charge in [-0.05, 0) is 38.9 Å². The van der Waals surface area contributed by atoms with Gasteiger partial charge in [-0.2, -0.15) is 0 Å². The molecule has 0 saturated carbocycles. The fraction of sp³-hybridized carbons (Fsp3) is 1.00.